The van der Waals surface area contributed by atoms with Gasteiger partial charge in [0.15, 0.2) is 0 Å². The highest BCUT2D eigenvalue weighted by atomic mass is 32.1. The Kier molecular flexibility index (Phi) is 3.95. The van der Waals surface area contributed by atoms with Gasteiger partial charge in [-0.3, -0.25) is 10.1 Å². The van der Waals surface area contributed by atoms with Crippen LogP contribution in [0.4, 0.5) is 5.13 Å². The summed E-state index contributed by atoms with van der Waals surface area (Å²) in [5, 5.41) is 15.9. The van der Waals surface area contributed by atoms with E-state index in [1.807, 2.05) is 13.8 Å². The van der Waals surface area contributed by atoms with E-state index in [1.165, 1.54) is 41.9 Å². The summed E-state index contributed by atoms with van der Waals surface area (Å²) in [5.74, 6) is 0.509. The monoisotopic (exact) mass is 348 g/mol. The van der Waals surface area contributed by atoms with Crippen LogP contribution in [0.2, 0.25) is 0 Å². The summed E-state index contributed by atoms with van der Waals surface area (Å²) in [6.07, 6.45) is 5.21. The number of hydrogen-bond acceptors (Lipinski definition) is 6. The zero-order valence-electron chi connectivity index (χ0n) is 13.3. The molecular formula is C16H20N4OS2. The molecule has 122 valence electrons. The standard InChI is InChI=1S/C16H20N4OS2/c1-8-11(15(21)18-16-20-19-9(2)23-16)7-14(22-8)12-6-13(12)17-10-4-3-5-10/h7,10,12-13,17H,3-6H2,1-2H3,(H,18,20,21). The van der Waals surface area contributed by atoms with Crippen LogP contribution in [-0.2, 0) is 0 Å². The zero-order valence-corrected chi connectivity index (χ0v) is 14.9. The second kappa shape index (κ2) is 5.96. The average molecular weight is 348 g/mol. The molecule has 2 aliphatic rings. The third-order valence-electron chi connectivity index (χ3n) is 4.64. The topological polar surface area (TPSA) is 66.9 Å². The Morgan fingerprint density at radius 1 is 1.26 bits per heavy atom. The summed E-state index contributed by atoms with van der Waals surface area (Å²) in [5.41, 5.74) is 0.771. The van der Waals surface area contributed by atoms with Crippen LogP contribution in [0.5, 0.6) is 0 Å². The average Bonchev–Trinajstić information content (AvgIpc) is 2.96. The van der Waals surface area contributed by atoms with Gasteiger partial charge in [0.2, 0.25) is 5.13 Å². The third kappa shape index (κ3) is 3.18. The van der Waals surface area contributed by atoms with Crippen LogP contribution in [0.25, 0.3) is 0 Å². The van der Waals surface area contributed by atoms with Crippen molar-refractivity contribution >= 4 is 33.7 Å². The molecule has 4 rings (SSSR count). The minimum Gasteiger partial charge on any atom is -0.311 e. The molecule has 2 unspecified atom stereocenters. The predicted octanol–water partition coefficient (Wildman–Crippen LogP) is 3.47. The van der Waals surface area contributed by atoms with Crippen LogP contribution in [0, 0.1) is 13.8 Å². The Morgan fingerprint density at radius 2 is 2.09 bits per heavy atom. The van der Waals surface area contributed by atoms with Crippen molar-refractivity contribution in [1.29, 1.82) is 0 Å². The van der Waals surface area contributed by atoms with E-state index >= 15 is 0 Å². The molecule has 2 atom stereocenters. The molecule has 2 aromatic rings. The first-order chi connectivity index (χ1) is 11.1. The molecule has 0 aliphatic heterocycles. The number of amides is 1. The van der Waals surface area contributed by atoms with E-state index in [0.29, 0.717) is 17.1 Å². The molecular weight excluding hydrogens is 328 g/mol. The van der Waals surface area contributed by atoms with Gasteiger partial charge in [0, 0.05) is 27.8 Å². The number of carbonyl (C=O) groups is 1. The third-order valence-corrected chi connectivity index (χ3v) is 6.58. The molecule has 0 radical (unpaired) electrons. The lowest BCUT2D eigenvalue weighted by molar-refractivity contribution is 0.102. The van der Waals surface area contributed by atoms with Gasteiger partial charge in [-0.25, -0.2) is 0 Å². The van der Waals surface area contributed by atoms with E-state index in [4.69, 9.17) is 0 Å². The van der Waals surface area contributed by atoms with Gasteiger partial charge in [-0.1, -0.05) is 17.8 Å². The van der Waals surface area contributed by atoms with Crippen LogP contribution in [0.1, 0.15) is 56.7 Å². The normalized spacial score (nSPS) is 23.6. The van der Waals surface area contributed by atoms with Crippen molar-refractivity contribution in [2.45, 2.75) is 57.5 Å². The number of rotatable bonds is 5. The maximum Gasteiger partial charge on any atom is 0.258 e. The van der Waals surface area contributed by atoms with E-state index in [2.05, 4.69) is 26.9 Å². The molecule has 0 bridgehead atoms. The highest BCUT2D eigenvalue weighted by Crippen LogP contribution is 2.45. The number of aromatic nitrogens is 2. The van der Waals surface area contributed by atoms with Crippen LogP contribution >= 0.6 is 22.7 Å². The number of thiophene rings is 1. The quantitative estimate of drug-likeness (QED) is 0.868. The van der Waals surface area contributed by atoms with Gasteiger partial charge in [-0.05, 0) is 39.2 Å². The van der Waals surface area contributed by atoms with E-state index in [0.717, 1.165) is 21.5 Å². The van der Waals surface area contributed by atoms with E-state index in [-0.39, 0.29) is 5.91 Å². The lowest BCUT2D eigenvalue weighted by atomic mass is 9.93. The zero-order chi connectivity index (χ0) is 16.0. The van der Waals surface area contributed by atoms with E-state index in [1.54, 1.807) is 11.3 Å². The Labute approximate surface area is 143 Å². The van der Waals surface area contributed by atoms with Gasteiger partial charge in [0.1, 0.15) is 5.01 Å². The van der Waals surface area contributed by atoms with Crippen molar-refractivity contribution in [3.8, 4) is 0 Å². The molecule has 2 heterocycles. The molecule has 7 heteroatoms. The Morgan fingerprint density at radius 3 is 2.74 bits per heavy atom. The smallest absolute Gasteiger partial charge is 0.258 e. The Balaban J connectivity index is 1.41. The lowest BCUT2D eigenvalue weighted by Crippen LogP contribution is -2.37. The second-order valence-corrected chi connectivity index (χ2v) is 8.91. The number of anilines is 1. The first kappa shape index (κ1) is 15.2. The number of hydrogen-bond donors (Lipinski definition) is 2. The molecule has 5 nitrogen and oxygen atoms in total. The fourth-order valence-corrected chi connectivity index (χ4v) is 4.79. The molecule has 2 aromatic heterocycles. The maximum absolute atomic E-state index is 12.4. The van der Waals surface area contributed by atoms with Crippen LogP contribution in [0.3, 0.4) is 0 Å². The van der Waals surface area contributed by atoms with Gasteiger partial charge in [0.25, 0.3) is 5.91 Å². The maximum atomic E-state index is 12.4. The molecule has 2 fully saturated rings. The van der Waals surface area contributed by atoms with Gasteiger partial charge < -0.3 is 5.32 Å². The fourth-order valence-electron chi connectivity index (χ4n) is 3.00. The van der Waals surface area contributed by atoms with E-state index < -0.39 is 0 Å². The molecule has 2 saturated carbocycles. The minimum absolute atomic E-state index is 0.0784. The van der Waals surface area contributed by atoms with Gasteiger partial charge in [-0.15, -0.1) is 21.5 Å². The van der Waals surface area contributed by atoms with E-state index in [9.17, 15) is 4.79 Å². The van der Waals surface area contributed by atoms with Crippen molar-refractivity contribution in [3.63, 3.8) is 0 Å². The van der Waals surface area contributed by atoms with Crippen molar-refractivity contribution < 1.29 is 4.79 Å². The summed E-state index contributed by atoms with van der Waals surface area (Å²) in [6, 6.07) is 3.41. The second-order valence-electron chi connectivity index (χ2n) is 6.44. The Bertz CT molecular complexity index is 734. The molecule has 2 N–H and O–H groups in total. The molecule has 23 heavy (non-hydrogen) atoms. The molecule has 1 amide bonds. The van der Waals surface area contributed by atoms with Gasteiger partial charge >= 0.3 is 0 Å². The number of nitrogens with zero attached hydrogens (tertiary/aromatic N) is 2. The molecule has 0 spiro atoms. The van der Waals surface area contributed by atoms with Gasteiger partial charge in [-0.2, -0.15) is 0 Å². The van der Waals surface area contributed by atoms with Crippen LogP contribution < -0.4 is 10.6 Å². The van der Waals surface area contributed by atoms with Crippen molar-refractivity contribution in [1.82, 2.24) is 15.5 Å². The Hall–Kier alpha value is -1.31. The van der Waals surface area contributed by atoms with Crippen molar-refractivity contribution in [2.75, 3.05) is 5.32 Å². The molecule has 2 aliphatic carbocycles. The fraction of sp³-hybridized carbons (Fsp3) is 0.562. The first-order valence-corrected chi connectivity index (χ1v) is 9.71. The molecule has 0 saturated heterocycles. The van der Waals surface area contributed by atoms with Crippen LogP contribution in [0.15, 0.2) is 6.07 Å². The summed E-state index contributed by atoms with van der Waals surface area (Å²) < 4.78 is 0. The summed E-state index contributed by atoms with van der Waals surface area (Å²) in [6.45, 7) is 3.90. The summed E-state index contributed by atoms with van der Waals surface area (Å²) in [4.78, 5) is 14.8. The van der Waals surface area contributed by atoms with Crippen molar-refractivity contribution in [3.05, 3.63) is 26.4 Å². The van der Waals surface area contributed by atoms with Gasteiger partial charge in [0.05, 0.1) is 5.56 Å². The lowest BCUT2D eigenvalue weighted by Gasteiger charge is -2.26. The number of carbonyl (C=O) groups excluding carboxylic acids is 1. The summed E-state index contributed by atoms with van der Waals surface area (Å²) in [7, 11) is 0. The first-order valence-electron chi connectivity index (χ1n) is 8.08. The minimum atomic E-state index is -0.0784. The predicted molar refractivity (Wildman–Crippen MR) is 93.6 cm³/mol. The van der Waals surface area contributed by atoms with Crippen LogP contribution in [-0.4, -0.2) is 28.2 Å². The number of aryl methyl sites for hydroxylation is 2. The highest BCUT2D eigenvalue weighted by Gasteiger charge is 2.41. The highest BCUT2D eigenvalue weighted by molar-refractivity contribution is 7.15. The van der Waals surface area contributed by atoms with Crippen molar-refractivity contribution in [2.24, 2.45) is 0 Å². The number of nitrogens with one attached hydrogen (secondary N) is 2. The SMILES string of the molecule is Cc1nnc(NC(=O)c2cc(C3CC3NC3CCC3)sc2C)s1. The largest absolute Gasteiger partial charge is 0.311 e. The summed E-state index contributed by atoms with van der Waals surface area (Å²) >= 11 is 3.15. The molecule has 0 aromatic carbocycles.